The number of methoxy groups -OCH3 is 1. The Kier molecular flexibility index (Phi) is 24.9. The van der Waals surface area contributed by atoms with Crippen LogP contribution in [0, 0.1) is 23.7 Å². The maximum Gasteiger partial charge on any atom is 0.407 e. The molecule has 0 spiro atoms. The number of alkyl carbamates (subject to hydrolysis) is 1. The summed E-state index contributed by atoms with van der Waals surface area (Å²) in [5.74, 6) is -1.51. The number of hydrogen-bond donors (Lipinski definition) is 11. The lowest BCUT2D eigenvalue weighted by atomic mass is 9.72. The Labute approximate surface area is 575 Å². The summed E-state index contributed by atoms with van der Waals surface area (Å²) in [6.45, 7) is 3.88. The van der Waals surface area contributed by atoms with Crippen LogP contribution in [-0.2, 0) is 72.0 Å². The number of phenols is 2. The van der Waals surface area contributed by atoms with E-state index in [4.69, 9.17) is 34.2 Å². The van der Waals surface area contributed by atoms with Gasteiger partial charge in [0.15, 0.2) is 23.6 Å². The van der Waals surface area contributed by atoms with Crippen molar-refractivity contribution in [3.05, 3.63) is 147 Å². The predicted molar refractivity (Wildman–Crippen MR) is 357 cm³/mol. The van der Waals surface area contributed by atoms with Crippen LogP contribution in [0.1, 0.15) is 137 Å². The third kappa shape index (κ3) is 17.8. The highest BCUT2D eigenvalue weighted by Crippen LogP contribution is 2.53. The Morgan fingerprint density at radius 2 is 1.52 bits per heavy atom. The number of rotatable bonds is 30. The zero-order valence-corrected chi connectivity index (χ0v) is 55.6. The van der Waals surface area contributed by atoms with Crippen LogP contribution in [0.25, 0.3) is 0 Å². The number of aromatic hydroxyl groups is 2. The fourth-order valence-corrected chi connectivity index (χ4v) is 12.5. The molecule has 5 aromatic rings. The van der Waals surface area contributed by atoms with Crippen LogP contribution in [-0.4, -0.2) is 174 Å². The van der Waals surface area contributed by atoms with Gasteiger partial charge in [0.25, 0.3) is 0 Å². The number of amides is 7. The van der Waals surface area contributed by atoms with Crippen LogP contribution >= 0.6 is 0 Å². The van der Waals surface area contributed by atoms with Crippen LogP contribution < -0.4 is 42.0 Å². The largest absolute Gasteiger partial charge is 0.507 e. The molecular weight excluding hydrogens is 1300 g/mol. The Balaban J connectivity index is 0.723. The number of nitrogens with zero attached hydrogens (tertiary/aromatic N) is 1. The van der Waals surface area contributed by atoms with E-state index in [0.717, 1.165) is 11.1 Å². The third-order valence-corrected chi connectivity index (χ3v) is 17.7. The molecule has 7 amide bonds. The van der Waals surface area contributed by atoms with Crippen LogP contribution in [0.3, 0.4) is 0 Å². The number of fused-ring (bicyclic) bond motifs is 5. The number of primary amides is 1. The average molecular weight is 1380 g/mol. The number of para-hydroxylation sites is 1. The topological polar surface area (TPSA) is 417 Å². The number of anilines is 2. The van der Waals surface area contributed by atoms with Crippen molar-refractivity contribution in [2.24, 2.45) is 17.6 Å². The van der Waals surface area contributed by atoms with Gasteiger partial charge in [-0.3, -0.25) is 38.4 Å². The maximum atomic E-state index is 14.1. The molecule has 4 aliphatic rings. The maximum absolute atomic E-state index is 14.1. The standard InChI is InChI=1S/C72H81N7O21/c1-39(2)63(78-56(84)38-97-30-29-96-28-27-74-55(83)24-25-57(85)79-35-45-13-6-5-11-42(45)20-21-43-12-7-8-16-50(43)79)51(81)31-44(14-10-26-75-70(73)92)69(91)76-46-22-18-41(19-23-46)37-98-71(93)77-49-32-58(99-40(3)64(49)86)100-53-34-72(94,54(82)36-80)33-48-60(53)68(90)62-61(66(48)88)65(87)47-15-9-17-52(95-4)59(47)67(62)89/h5-9,11-13,15-19,22-23,39-40,44,49,53,58,63-64,80,86,88,90,94H,10,14,24-38H2,1-4H3,(H,74,83)(H,76,91)(H,77,93)(H,78,84)(H3,73,75,92)/t40-,44?,49-,53-,58-,63-,64+,72-/m0/s1. The van der Waals surface area contributed by atoms with Gasteiger partial charge in [0.05, 0.1) is 80.1 Å². The summed E-state index contributed by atoms with van der Waals surface area (Å²) in [6.07, 6.45) is -7.96. The van der Waals surface area contributed by atoms with Crippen molar-refractivity contribution in [1.29, 1.82) is 0 Å². The lowest BCUT2D eigenvalue weighted by molar-refractivity contribution is -0.249. The number of carbonyl (C=O) groups excluding carboxylic acids is 10. The molecule has 1 unspecified atom stereocenters. The number of nitrogens with one attached hydrogen (secondary N) is 5. The number of benzene rings is 5. The van der Waals surface area contributed by atoms with Crippen molar-refractivity contribution in [2.75, 3.05) is 63.5 Å². The van der Waals surface area contributed by atoms with E-state index in [9.17, 15) is 73.5 Å². The van der Waals surface area contributed by atoms with Crippen LogP contribution in [0.2, 0.25) is 0 Å². The highest BCUT2D eigenvalue weighted by atomic mass is 16.7. The molecule has 28 heteroatoms. The zero-order chi connectivity index (χ0) is 71.9. The summed E-state index contributed by atoms with van der Waals surface area (Å²) in [4.78, 5) is 135. The molecule has 0 bridgehead atoms. The molecular formula is C72H81N7O21. The first-order valence-corrected chi connectivity index (χ1v) is 32.7. The number of Topliss-reactive ketones (excluding diaryl/α,β-unsaturated/α-hetero) is 2. The summed E-state index contributed by atoms with van der Waals surface area (Å²) in [6, 6.07) is 22.5. The Bertz CT molecular complexity index is 4000. The zero-order valence-electron chi connectivity index (χ0n) is 55.6. The Hall–Kier alpha value is -10.1. The lowest BCUT2D eigenvalue weighted by Gasteiger charge is -2.42. The summed E-state index contributed by atoms with van der Waals surface area (Å²) >= 11 is 0. The van der Waals surface area contributed by atoms with Gasteiger partial charge in [-0.25, -0.2) is 9.59 Å². The van der Waals surface area contributed by atoms with E-state index >= 15 is 0 Å². The van der Waals surface area contributed by atoms with Gasteiger partial charge in [-0.1, -0.05) is 80.3 Å². The molecule has 0 aromatic heterocycles. The highest BCUT2D eigenvalue weighted by molar-refractivity contribution is 6.31. The van der Waals surface area contributed by atoms with Crippen molar-refractivity contribution in [3.63, 3.8) is 0 Å². The fraction of sp³-hybridized carbons (Fsp3) is 0.417. The molecule has 5 aromatic carbocycles. The number of urea groups is 1. The molecule has 0 radical (unpaired) electrons. The normalized spacial score (nSPS) is 19.4. The van der Waals surface area contributed by atoms with Gasteiger partial charge in [0.2, 0.25) is 29.4 Å². The number of carbonyl (C=O) groups is 10. The number of aliphatic hydroxyl groups is 3. The highest BCUT2D eigenvalue weighted by Gasteiger charge is 2.51. The number of hydrogen-bond acceptors (Lipinski definition) is 21. The molecule has 1 fully saturated rings. The minimum atomic E-state index is -2.43. The van der Waals surface area contributed by atoms with Gasteiger partial charge >= 0.3 is 12.1 Å². The predicted octanol–water partition coefficient (Wildman–Crippen LogP) is 3.95. The molecule has 0 saturated carbocycles. The van der Waals surface area contributed by atoms with Crippen molar-refractivity contribution in [2.45, 2.75) is 128 Å². The number of nitrogens with two attached hydrogens (primary N) is 1. The van der Waals surface area contributed by atoms with Crippen molar-refractivity contribution in [3.8, 4) is 29.1 Å². The van der Waals surface area contributed by atoms with Crippen LogP contribution in [0.15, 0.2) is 91.0 Å². The van der Waals surface area contributed by atoms with E-state index in [2.05, 4.69) is 38.4 Å². The van der Waals surface area contributed by atoms with Crippen molar-refractivity contribution in [1.82, 2.24) is 21.3 Å². The molecule has 8 atom stereocenters. The smallest absolute Gasteiger partial charge is 0.407 e. The molecule has 28 nitrogen and oxygen atoms in total. The van der Waals surface area contributed by atoms with E-state index < -0.39 is 150 Å². The molecule has 530 valence electrons. The van der Waals surface area contributed by atoms with Gasteiger partial charge in [-0.05, 0) is 73.2 Å². The Morgan fingerprint density at radius 3 is 2.25 bits per heavy atom. The van der Waals surface area contributed by atoms with Gasteiger partial charge in [-0.2, -0.15) is 0 Å². The molecule has 2 aliphatic heterocycles. The van der Waals surface area contributed by atoms with E-state index in [0.29, 0.717) is 29.0 Å². The Morgan fingerprint density at radius 1 is 0.810 bits per heavy atom. The molecule has 100 heavy (non-hydrogen) atoms. The van der Waals surface area contributed by atoms with Crippen LogP contribution in [0.5, 0.6) is 17.2 Å². The first-order valence-electron chi connectivity index (χ1n) is 32.7. The first-order chi connectivity index (χ1) is 47.9. The first kappa shape index (κ1) is 74.1. The number of phenolic OH excluding ortho intramolecular Hbond substituents is 2. The van der Waals surface area contributed by atoms with Gasteiger partial charge in [-0.15, -0.1) is 0 Å². The molecule has 12 N–H and O–H groups in total. The minimum absolute atomic E-state index is 0.00979. The summed E-state index contributed by atoms with van der Waals surface area (Å²) in [5.41, 5.74) is 4.67. The van der Waals surface area contributed by atoms with E-state index in [1.54, 1.807) is 30.9 Å². The summed E-state index contributed by atoms with van der Waals surface area (Å²) in [7, 11) is 1.28. The van der Waals surface area contributed by atoms with E-state index in [1.807, 2.05) is 48.5 Å². The van der Waals surface area contributed by atoms with Gasteiger partial charge < -0.3 is 91.2 Å². The summed E-state index contributed by atoms with van der Waals surface area (Å²) in [5, 5.41) is 69.8. The second-order valence-corrected chi connectivity index (χ2v) is 25.0. The van der Waals surface area contributed by atoms with Crippen LogP contribution in [0.4, 0.5) is 21.0 Å². The molecule has 9 rings (SSSR count). The number of ether oxygens (including phenoxy) is 6. The van der Waals surface area contributed by atoms with Crippen molar-refractivity contribution < 1.29 is 102 Å². The van der Waals surface area contributed by atoms with Crippen molar-refractivity contribution >= 4 is 70.3 Å². The van der Waals surface area contributed by atoms with Gasteiger partial charge in [0, 0.05) is 91.0 Å². The third-order valence-electron chi connectivity index (χ3n) is 17.7. The van der Waals surface area contributed by atoms with E-state index in [1.165, 1.54) is 44.4 Å². The number of ketones is 4. The monoisotopic (exact) mass is 1380 g/mol. The minimum Gasteiger partial charge on any atom is -0.507 e. The number of aliphatic hydroxyl groups excluding tert-OH is 2. The SMILES string of the molecule is COc1cccc2c1C(=O)c1c(O)c3c(c(O)c1C2=O)C[C@@](O)(C(=O)CO)C[C@@H]3O[C@H]1C[C@H](NC(=O)OCc2ccc(NC(=O)C(CCCNC(N)=O)CC(=O)[C@@H](NC(=O)COCCOCCNC(=O)CCC(=O)N3Cc4ccccc4C#Cc4ccccc43)C(C)C)cc2)[C@H](O)[C@H](C)O1. The van der Waals surface area contributed by atoms with Gasteiger partial charge in [0.1, 0.15) is 48.8 Å². The molecule has 1 saturated heterocycles. The fourth-order valence-electron chi connectivity index (χ4n) is 12.5. The summed E-state index contributed by atoms with van der Waals surface area (Å²) < 4.78 is 34.2. The lowest BCUT2D eigenvalue weighted by Crippen LogP contribution is -2.56. The second kappa shape index (κ2) is 33.6. The van der Waals surface area contributed by atoms with E-state index in [-0.39, 0.29) is 118 Å². The quantitative estimate of drug-likeness (QED) is 0.0173. The average Bonchev–Trinajstić information content (AvgIpc) is 0.711. The molecule has 2 aliphatic carbocycles. The molecule has 2 heterocycles. The second-order valence-electron chi connectivity index (χ2n) is 25.0.